The van der Waals surface area contributed by atoms with Crippen LogP contribution < -0.4 is 0 Å². The van der Waals surface area contributed by atoms with Crippen LogP contribution in [0.25, 0.3) is 0 Å². The molecule has 25 heavy (non-hydrogen) atoms. The normalized spacial score (nSPS) is 9.36. The van der Waals surface area contributed by atoms with Gasteiger partial charge in [-0.05, 0) is 38.5 Å². The highest BCUT2D eigenvalue weighted by Gasteiger charge is 1.94. The molecule has 0 amide bonds. The smallest absolute Gasteiger partial charge is 0.0466 e. The molecule has 0 aliphatic carbocycles. The van der Waals surface area contributed by atoms with Crippen molar-refractivity contribution in [1.82, 2.24) is 0 Å². The minimum atomic E-state index is 0. The molecule has 2 N–H and O–H groups in total. The van der Waals surface area contributed by atoms with Crippen LogP contribution in [0.4, 0.5) is 0 Å². The van der Waals surface area contributed by atoms with Crippen molar-refractivity contribution in [2.75, 3.05) is 39.6 Å². The van der Waals surface area contributed by atoms with Crippen LogP contribution in [-0.2, 0) is 9.47 Å². The second kappa shape index (κ2) is 35.0. The number of aliphatic hydroxyl groups is 2. The van der Waals surface area contributed by atoms with Gasteiger partial charge in [-0.2, -0.15) is 0 Å². The molecule has 0 aromatic heterocycles. The largest absolute Gasteiger partial charge is 0.396 e. The lowest BCUT2D eigenvalue weighted by Gasteiger charge is -2.05. The average Bonchev–Trinajstić information content (AvgIpc) is 2.50. The highest BCUT2D eigenvalue weighted by atomic mass is 16.5. The van der Waals surface area contributed by atoms with Crippen LogP contribution in [0.2, 0.25) is 0 Å². The van der Waals surface area contributed by atoms with Gasteiger partial charge in [-0.3, -0.25) is 0 Å². The predicted molar refractivity (Wildman–Crippen MR) is 114 cm³/mol. The first-order chi connectivity index (χ1) is 10.4. The third-order valence-electron chi connectivity index (χ3n) is 3.47. The van der Waals surface area contributed by atoms with E-state index in [-0.39, 0.29) is 42.9 Å². The van der Waals surface area contributed by atoms with Crippen molar-refractivity contribution in [3.63, 3.8) is 0 Å². The third-order valence-corrected chi connectivity index (χ3v) is 3.47. The molecule has 0 bridgehead atoms. The van der Waals surface area contributed by atoms with Gasteiger partial charge in [0, 0.05) is 39.6 Å². The molecule has 0 heterocycles. The summed E-state index contributed by atoms with van der Waals surface area (Å²) in [7, 11) is 0. The van der Waals surface area contributed by atoms with Crippen LogP contribution in [0.3, 0.4) is 0 Å². The predicted octanol–water partition coefficient (Wildman–Crippen LogP) is 5.84. The van der Waals surface area contributed by atoms with E-state index < -0.39 is 0 Å². The maximum atomic E-state index is 8.62. The SMILES string of the molecule is C.C.C.C.OCCCCOCCCCCCCCCOCCCCO. The molecule has 0 fully saturated rings. The van der Waals surface area contributed by atoms with E-state index in [0.29, 0.717) is 0 Å². The first kappa shape index (κ1) is 35.9. The Morgan fingerprint density at radius 2 is 0.600 bits per heavy atom. The third kappa shape index (κ3) is 35.7. The number of unbranched alkanes of at least 4 members (excludes halogenated alkanes) is 8. The van der Waals surface area contributed by atoms with Crippen molar-refractivity contribution in [1.29, 1.82) is 0 Å². The summed E-state index contributed by atoms with van der Waals surface area (Å²) in [4.78, 5) is 0. The number of rotatable bonds is 18. The first-order valence-corrected chi connectivity index (χ1v) is 8.79. The van der Waals surface area contributed by atoms with Gasteiger partial charge in [0.05, 0.1) is 0 Å². The van der Waals surface area contributed by atoms with E-state index in [1.54, 1.807) is 0 Å². The Kier molecular flexibility index (Phi) is 50.3. The maximum absolute atomic E-state index is 8.62. The van der Waals surface area contributed by atoms with E-state index in [1.807, 2.05) is 0 Å². The second-order valence-corrected chi connectivity index (χ2v) is 5.56. The minimum Gasteiger partial charge on any atom is -0.396 e. The van der Waals surface area contributed by atoms with Gasteiger partial charge in [0.1, 0.15) is 0 Å². The fourth-order valence-electron chi connectivity index (χ4n) is 2.13. The molecule has 4 nitrogen and oxygen atoms in total. The minimum absolute atomic E-state index is 0. The van der Waals surface area contributed by atoms with E-state index in [2.05, 4.69) is 0 Å². The monoisotopic (exact) mass is 368 g/mol. The Labute approximate surface area is 160 Å². The highest BCUT2D eigenvalue weighted by Crippen LogP contribution is 2.07. The zero-order valence-electron chi connectivity index (χ0n) is 13.7. The number of hydrogen-bond donors (Lipinski definition) is 2. The summed E-state index contributed by atoms with van der Waals surface area (Å²) in [6.45, 7) is 3.87. The lowest BCUT2D eigenvalue weighted by Crippen LogP contribution is -1.98. The quantitative estimate of drug-likeness (QED) is 0.298. The molecule has 0 aromatic rings. The van der Waals surface area contributed by atoms with Crippen LogP contribution in [0.1, 0.15) is 100 Å². The Hall–Kier alpha value is -0.160. The van der Waals surface area contributed by atoms with Gasteiger partial charge in [0.15, 0.2) is 0 Å². The van der Waals surface area contributed by atoms with Crippen LogP contribution in [0, 0.1) is 0 Å². The van der Waals surface area contributed by atoms with Crippen LogP contribution in [0.15, 0.2) is 0 Å². The number of ether oxygens (including phenoxy) is 2. The van der Waals surface area contributed by atoms with E-state index in [9.17, 15) is 0 Å². The van der Waals surface area contributed by atoms with Gasteiger partial charge >= 0.3 is 0 Å². The standard InChI is InChI=1S/C17H36O4.4CH4/c18-12-6-10-16-20-14-8-4-2-1-3-5-9-15-21-17-11-7-13-19;;;;/h18-19H,1-17H2;4*1H4. The maximum Gasteiger partial charge on any atom is 0.0466 e. The molecule has 0 saturated heterocycles. The van der Waals surface area contributed by atoms with Gasteiger partial charge in [0.25, 0.3) is 0 Å². The molecule has 0 aliphatic rings. The molecule has 0 unspecified atom stereocenters. The van der Waals surface area contributed by atoms with Crippen molar-refractivity contribution >= 4 is 0 Å². The van der Waals surface area contributed by atoms with Crippen LogP contribution >= 0.6 is 0 Å². The van der Waals surface area contributed by atoms with Gasteiger partial charge in [0.2, 0.25) is 0 Å². The summed E-state index contributed by atoms with van der Waals surface area (Å²) in [5, 5.41) is 17.2. The molecule has 160 valence electrons. The molecule has 0 aromatic carbocycles. The summed E-state index contributed by atoms with van der Waals surface area (Å²) in [6.07, 6.45) is 12.4. The lowest BCUT2D eigenvalue weighted by molar-refractivity contribution is 0.120. The topological polar surface area (TPSA) is 58.9 Å². The van der Waals surface area contributed by atoms with Crippen molar-refractivity contribution in [2.45, 2.75) is 100 Å². The average molecular weight is 369 g/mol. The Morgan fingerprint density at radius 3 is 0.880 bits per heavy atom. The summed E-state index contributed by atoms with van der Waals surface area (Å²) in [6, 6.07) is 0. The van der Waals surface area contributed by atoms with E-state index >= 15 is 0 Å². The molecular formula is C21H52O4. The summed E-state index contributed by atoms with van der Waals surface area (Å²) in [5.74, 6) is 0. The van der Waals surface area contributed by atoms with Crippen molar-refractivity contribution < 1.29 is 19.7 Å². The zero-order valence-corrected chi connectivity index (χ0v) is 13.7. The van der Waals surface area contributed by atoms with Crippen molar-refractivity contribution in [3.8, 4) is 0 Å². The summed E-state index contributed by atoms with van der Waals surface area (Å²) < 4.78 is 11.0. The fraction of sp³-hybridized carbons (Fsp3) is 1.00. The van der Waals surface area contributed by atoms with Crippen LogP contribution in [0.5, 0.6) is 0 Å². The van der Waals surface area contributed by atoms with Crippen molar-refractivity contribution in [2.24, 2.45) is 0 Å². The first-order valence-electron chi connectivity index (χ1n) is 8.79. The molecular weight excluding hydrogens is 316 g/mol. The molecule has 0 rings (SSSR count). The summed E-state index contributed by atoms with van der Waals surface area (Å²) in [5.41, 5.74) is 0. The fourth-order valence-corrected chi connectivity index (χ4v) is 2.13. The van der Waals surface area contributed by atoms with Gasteiger partial charge < -0.3 is 19.7 Å². The van der Waals surface area contributed by atoms with Crippen molar-refractivity contribution in [3.05, 3.63) is 0 Å². The van der Waals surface area contributed by atoms with E-state index in [0.717, 1.165) is 65.0 Å². The molecule has 4 heteroatoms. The summed E-state index contributed by atoms with van der Waals surface area (Å²) >= 11 is 0. The Morgan fingerprint density at radius 1 is 0.360 bits per heavy atom. The zero-order chi connectivity index (χ0) is 15.4. The van der Waals surface area contributed by atoms with E-state index in [4.69, 9.17) is 19.7 Å². The van der Waals surface area contributed by atoms with Gasteiger partial charge in [-0.15, -0.1) is 0 Å². The molecule has 0 radical (unpaired) electrons. The Bertz CT molecular complexity index is 159. The van der Waals surface area contributed by atoms with Gasteiger partial charge in [-0.1, -0.05) is 61.8 Å². The lowest BCUT2D eigenvalue weighted by atomic mass is 10.1. The number of hydrogen-bond acceptors (Lipinski definition) is 4. The molecule has 0 atom stereocenters. The highest BCUT2D eigenvalue weighted by molar-refractivity contribution is 4.47. The number of aliphatic hydroxyl groups excluding tert-OH is 2. The molecule has 0 aliphatic heterocycles. The molecule has 0 spiro atoms. The second-order valence-electron chi connectivity index (χ2n) is 5.56. The molecule has 0 saturated carbocycles. The van der Waals surface area contributed by atoms with Crippen LogP contribution in [-0.4, -0.2) is 49.9 Å². The van der Waals surface area contributed by atoms with Gasteiger partial charge in [-0.25, -0.2) is 0 Å². The Balaban J connectivity index is -0.000000333. The van der Waals surface area contributed by atoms with E-state index in [1.165, 1.54) is 32.1 Å².